The molecule has 0 aliphatic heterocycles. The maximum Gasteiger partial charge on any atom is 0.139 e. The van der Waals surface area contributed by atoms with Gasteiger partial charge in [0.15, 0.2) is 0 Å². The van der Waals surface area contributed by atoms with Gasteiger partial charge in [0.05, 0.1) is 12.7 Å². The van der Waals surface area contributed by atoms with Gasteiger partial charge >= 0.3 is 0 Å². The molecule has 15 heavy (non-hydrogen) atoms. The minimum atomic E-state index is 0.498. The highest BCUT2D eigenvalue weighted by atomic mass is 32.1. The van der Waals surface area contributed by atoms with Gasteiger partial charge in [-0.25, -0.2) is 0 Å². The monoisotopic (exact) mass is 227 g/mol. The largest absolute Gasteiger partial charge is 0.383 e. The van der Waals surface area contributed by atoms with Crippen molar-refractivity contribution in [3.05, 3.63) is 6.07 Å². The van der Waals surface area contributed by atoms with Crippen molar-refractivity contribution in [2.45, 2.75) is 31.8 Å². The third kappa shape index (κ3) is 3.35. The normalized spacial score (nSPS) is 17.1. The molecule has 0 saturated heterocycles. The van der Waals surface area contributed by atoms with Gasteiger partial charge in [-0.1, -0.05) is 12.8 Å². The Morgan fingerprint density at radius 3 is 3.00 bits per heavy atom. The minimum Gasteiger partial charge on any atom is -0.383 e. The van der Waals surface area contributed by atoms with Gasteiger partial charge in [-0.05, 0) is 24.4 Å². The summed E-state index contributed by atoms with van der Waals surface area (Å²) in [5.41, 5.74) is 5.51. The van der Waals surface area contributed by atoms with Crippen LogP contribution in [0.3, 0.4) is 0 Å². The summed E-state index contributed by atoms with van der Waals surface area (Å²) in [5, 5.41) is 4.26. The van der Waals surface area contributed by atoms with Gasteiger partial charge in [0.2, 0.25) is 0 Å². The molecule has 0 unspecified atom stereocenters. The van der Waals surface area contributed by atoms with Crippen molar-refractivity contribution in [3.8, 4) is 0 Å². The highest BCUT2D eigenvalue weighted by Gasteiger charge is 2.14. The Labute approximate surface area is 94.0 Å². The van der Waals surface area contributed by atoms with Crippen LogP contribution in [0.4, 0.5) is 10.8 Å². The molecule has 0 bridgehead atoms. The topological polar surface area (TPSA) is 60.2 Å². The zero-order chi connectivity index (χ0) is 10.5. The van der Waals surface area contributed by atoms with Crippen LogP contribution in [0.5, 0.6) is 0 Å². The highest BCUT2D eigenvalue weighted by Crippen LogP contribution is 2.21. The maximum absolute atomic E-state index is 5.72. The standard InChI is InChI=1S/C10H17N3OS/c11-9-7-10(15-13-9)12-5-6-14-8-3-1-2-4-8/h7-8,12H,1-6H2,(H2,11,13). The molecule has 0 radical (unpaired) electrons. The van der Waals surface area contributed by atoms with E-state index >= 15 is 0 Å². The van der Waals surface area contributed by atoms with Crippen LogP contribution >= 0.6 is 11.5 Å². The van der Waals surface area contributed by atoms with Crippen LogP contribution in [-0.2, 0) is 4.74 Å². The predicted octanol–water partition coefficient (Wildman–Crippen LogP) is 2.10. The first-order valence-corrected chi connectivity index (χ1v) is 6.19. The Bertz CT molecular complexity index is 297. The summed E-state index contributed by atoms with van der Waals surface area (Å²) in [4.78, 5) is 0. The van der Waals surface area contributed by atoms with Crippen LogP contribution in [0.25, 0.3) is 0 Å². The van der Waals surface area contributed by atoms with Crippen LogP contribution in [0.1, 0.15) is 25.7 Å². The fourth-order valence-corrected chi connectivity index (χ4v) is 2.42. The molecule has 2 rings (SSSR count). The molecule has 0 spiro atoms. The molecule has 1 heterocycles. The van der Waals surface area contributed by atoms with Gasteiger partial charge in [0.1, 0.15) is 10.8 Å². The number of rotatable bonds is 5. The van der Waals surface area contributed by atoms with Gasteiger partial charge in [-0.15, -0.1) is 0 Å². The Morgan fingerprint density at radius 1 is 1.53 bits per heavy atom. The predicted molar refractivity (Wildman–Crippen MR) is 63.2 cm³/mol. The van der Waals surface area contributed by atoms with E-state index in [0.717, 1.165) is 18.2 Å². The minimum absolute atomic E-state index is 0.498. The van der Waals surface area contributed by atoms with E-state index in [1.165, 1.54) is 37.2 Å². The lowest BCUT2D eigenvalue weighted by Gasteiger charge is -2.10. The molecule has 1 aliphatic rings. The Balaban J connectivity index is 1.58. The van der Waals surface area contributed by atoms with E-state index < -0.39 is 0 Å². The molecule has 1 saturated carbocycles. The van der Waals surface area contributed by atoms with E-state index in [1.54, 1.807) is 0 Å². The molecular weight excluding hydrogens is 210 g/mol. The van der Waals surface area contributed by atoms with Crippen molar-refractivity contribution in [1.82, 2.24) is 4.37 Å². The Morgan fingerprint density at radius 2 is 2.33 bits per heavy atom. The molecular formula is C10H17N3OS. The summed E-state index contributed by atoms with van der Waals surface area (Å²) in [6.45, 7) is 1.60. The number of aromatic nitrogens is 1. The molecule has 5 heteroatoms. The van der Waals surface area contributed by atoms with Crippen molar-refractivity contribution in [3.63, 3.8) is 0 Å². The number of nitrogens with two attached hydrogens (primary N) is 1. The van der Waals surface area contributed by atoms with Crippen molar-refractivity contribution in [2.24, 2.45) is 0 Å². The highest BCUT2D eigenvalue weighted by molar-refractivity contribution is 7.10. The van der Waals surface area contributed by atoms with E-state index in [-0.39, 0.29) is 0 Å². The number of ether oxygens (including phenoxy) is 1. The van der Waals surface area contributed by atoms with Crippen LogP contribution in [-0.4, -0.2) is 23.6 Å². The van der Waals surface area contributed by atoms with Gasteiger partial charge in [-0.2, -0.15) is 4.37 Å². The first-order valence-electron chi connectivity index (χ1n) is 5.42. The van der Waals surface area contributed by atoms with Crippen LogP contribution in [0.2, 0.25) is 0 Å². The second-order valence-electron chi connectivity index (χ2n) is 3.82. The SMILES string of the molecule is Nc1cc(NCCOC2CCCC2)sn1. The lowest BCUT2D eigenvalue weighted by molar-refractivity contribution is 0.0659. The lowest BCUT2D eigenvalue weighted by Crippen LogP contribution is -2.14. The molecule has 0 aromatic carbocycles. The summed E-state index contributed by atoms with van der Waals surface area (Å²) in [5.74, 6) is 0.583. The first-order chi connectivity index (χ1) is 7.34. The number of nitrogen functional groups attached to an aromatic ring is 1. The molecule has 84 valence electrons. The quantitative estimate of drug-likeness (QED) is 0.756. The molecule has 1 aromatic rings. The Kier molecular flexibility index (Phi) is 3.80. The van der Waals surface area contributed by atoms with E-state index in [2.05, 4.69) is 9.69 Å². The number of nitrogens with zero attached hydrogens (tertiary/aromatic N) is 1. The molecule has 0 amide bonds. The van der Waals surface area contributed by atoms with E-state index in [9.17, 15) is 0 Å². The average molecular weight is 227 g/mol. The van der Waals surface area contributed by atoms with Gasteiger partial charge < -0.3 is 15.8 Å². The summed E-state index contributed by atoms with van der Waals surface area (Å²) in [6.07, 6.45) is 5.60. The van der Waals surface area contributed by atoms with E-state index in [4.69, 9.17) is 10.5 Å². The zero-order valence-electron chi connectivity index (χ0n) is 8.74. The zero-order valence-corrected chi connectivity index (χ0v) is 9.55. The first kappa shape index (κ1) is 10.7. The molecule has 0 atom stereocenters. The molecule has 3 N–H and O–H groups in total. The van der Waals surface area contributed by atoms with Crippen LogP contribution in [0.15, 0.2) is 6.07 Å². The fraction of sp³-hybridized carbons (Fsp3) is 0.700. The second kappa shape index (κ2) is 5.32. The molecule has 1 aliphatic carbocycles. The number of nitrogens with one attached hydrogen (secondary N) is 1. The van der Waals surface area contributed by atoms with E-state index in [1.807, 2.05) is 6.07 Å². The summed E-state index contributed by atoms with van der Waals surface area (Å²) in [7, 11) is 0. The second-order valence-corrected chi connectivity index (χ2v) is 4.63. The van der Waals surface area contributed by atoms with E-state index in [0.29, 0.717) is 11.9 Å². The molecule has 1 fully saturated rings. The van der Waals surface area contributed by atoms with Gasteiger partial charge in [-0.3, -0.25) is 0 Å². The van der Waals surface area contributed by atoms with Crippen molar-refractivity contribution in [2.75, 3.05) is 24.2 Å². The number of hydrogen-bond acceptors (Lipinski definition) is 5. The summed E-state index contributed by atoms with van der Waals surface area (Å²) >= 11 is 1.39. The molecule has 1 aromatic heterocycles. The van der Waals surface area contributed by atoms with Crippen molar-refractivity contribution >= 4 is 22.4 Å². The summed E-state index contributed by atoms with van der Waals surface area (Å²) < 4.78 is 9.71. The number of hydrogen-bond donors (Lipinski definition) is 2. The summed E-state index contributed by atoms with van der Waals surface area (Å²) in [6, 6.07) is 1.85. The van der Waals surface area contributed by atoms with Crippen molar-refractivity contribution < 1.29 is 4.74 Å². The Hall–Kier alpha value is -0.810. The average Bonchev–Trinajstić information content (AvgIpc) is 2.84. The van der Waals surface area contributed by atoms with Gasteiger partial charge in [0.25, 0.3) is 0 Å². The van der Waals surface area contributed by atoms with Crippen LogP contribution < -0.4 is 11.1 Å². The third-order valence-electron chi connectivity index (χ3n) is 2.59. The maximum atomic E-state index is 5.72. The molecule has 4 nitrogen and oxygen atoms in total. The smallest absolute Gasteiger partial charge is 0.139 e. The van der Waals surface area contributed by atoms with Crippen molar-refractivity contribution in [1.29, 1.82) is 0 Å². The lowest BCUT2D eigenvalue weighted by atomic mass is 10.3. The van der Waals surface area contributed by atoms with Gasteiger partial charge in [0, 0.05) is 12.6 Å². The third-order valence-corrected chi connectivity index (χ3v) is 3.35. The fourth-order valence-electron chi connectivity index (χ4n) is 1.83. The van der Waals surface area contributed by atoms with Crippen LogP contribution in [0, 0.1) is 0 Å². The number of anilines is 2.